The number of aromatic amines is 1. The van der Waals surface area contributed by atoms with Gasteiger partial charge in [-0.15, -0.1) is 0 Å². The van der Waals surface area contributed by atoms with Crippen LogP contribution in [0.1, 0.15) is 15.9 Å². The first-order valence-electron chi connectivity index (χ1n) is 4.62. The molecule has 2 aromatic rings. The van der Waals surface area contributed by atoms with Crippen LogP contribution in [0.15, 0.2) is 30.6 Å². The van der Waals surface area contributed by atoms with Crippen LogP contribution in [-0.2, 0) is 5.33 Å². The molecule has 1 amide bonds. The standard InChI is InChI=1S/C10H9BrN4O/c11-5-7-3-1-2-4-8(7)9(16)14-10-12-6-13-15-10/h1-4,6H,5H2,(H2,12,13,14,15,16). The van der Waals surface area contributed by atoms with Gasteiger partial charge in [0.15, 0.2) is 0 Å². The highest BCUT2D eigenvalue weighted by atomic mass is 79.9. The third kappa shape index (κ3) is 2.27. The van der Waals surface area contributed by atoms with Gasteiger partial charge in [-0.3, -0.25) is 10.1 Å². The maximum atomic E-state index is 11.9. The lowest BCUT2D eigenvalue weighted by Crippen LogP contribution is -2.14. The Morgan fingerprint density at radius 3 is 2.94 bits per heavy atom. The van der Waals surface area contributed by atoms with Crippen molar-refractivity contribution in [2.45, 2.75) is 5.33 Å². The Hall–Kier alpha value is -1.69. The van der Waals surface area contributed by atoms with Gasteiger partial charge in [0.25, 0.3) is 5.91 Å². The van der Waals surface area contributed by atoms with Gasteiger partial charge in [0, 0.05) is 10.9 Å². The summed E-state index contributed by atoms with van der Waals surface area (Å²) in [4.78, 5) is 15.7. The molecule has 5 nitrogen and oxygen atoms in total. The fourth-order valence-electron chi connectivity index (χ4n) is 1.30. The van der Waals surface area contributed by atoms with Crippen LogP contribution >= 0.6 is 15.9 Å². The second-order valence-electron chi connectivity index (χ2n) is 3.08. The van der Waals surface area contributed by atoms with Gasteiger partial charge in [-0.25, -0.2) is 5.10 Å². The largest absolute Gasteiger partial charge is 0.291 e. The van der Waals surface area contributed by atoms with E-state index in [1.165, 1.54) is 6.33 Å². The summed E-state index contributed by atoms with van der Waals surface area (Å²) < 4.78 is 0. The molecule has 0 aliphatic rings. The minimum atomic E-state index is -0.202. The fraction of sp³-hybridized carbons (Fsp3) is 0.100. The van der Waals surface area contributed by atoms with Crippen molar-refractivity contribution in [3.63, 3.8) is 0 Å². The fourth-order valence-corrected chi connectivity index (χ4v) is 1.79. The molecule has 0 saturated heterocycles. The summed E-state index contributed by atoms with van der Waals surface area (Å²) in [6, 6.07) is 7.37. The molecule has 82 valence electrons. The summed E-state index contributed by atoms with van der Waals surface area (Å²) in [5.74, 6) is 0.140. The zero-order valence-corrected chi connectivity index (χ0v) is 9.86. The number of aromatic nitrogens is 3. The average molecular weight is 281 g/mol. The summed E-state index contributed by atoms with van der Waals surface area (Å²) in [6.45, 7) is 0. The first kappa shape index (κ1) is 10.8. The molecular formula is C10H9BrN4O. The van der Waals surface area contributed by atoms with Crippen LogP contribution in [0.2, 0.25) is 0 Å². The number of anilines is 1. The molecule has 1 aromatic heterocycles. The van der Waals surface area contributed by atoms with E-state index >= 15 is 0 Å². The minimum absolute atomic E-state index is 0.202. The molecule has 1 aromatic carbocycles. The van der Waals surface area contributed by atoms with Gasteiger partial charge in [0.1, 0.15) is 6.33 Å². The van der Waals surface area contributed by atoms with Gasteiger partial charge in [-0.2, -0.15) is 10.1 Å². The summed E-state index contributed by atoms with van der Waals surface area (Å²) in [5.41, 5.74) is 1.55. The molecule has 16 heavy (non-hydrogen) atoms. The third-order valence-corrected chi connectivity index (χ3v) is 2.66. The predicted octanol–water partition coefficient (Wildman–Crippen LogP) is 1.95. The number of hydrogen-bond acceptors (Lipinski definition) is 3. The Morgan fingerprint density at radius 1 is 1.44 bits per heavy atom. The summed E-state index contributed by atoms with van der Waals surface area (Å²) >= 11 is 3.34. The number of halogens is 1. The molecule has 2 N–H and O–H groups in total. The van der Waals surface area contributed by atoms with Crippen molar-refractivity contribution in [3.8, 4) is 0 Å². The third-order valence-electron chi connectivity index (χ3n) is 2.05. The molecule has 0 radical (unpaired) electrons. The molecule has 2 rings (SSSR count). The quantitative estimate of drug-likeness (QED) is 0.845. The molecule has 0 saturated carbocycles. The van der Waals surface area contributed by atoms with E-state index in [1.54, 1.807) is 6.07 Å². The van der Waals surface area contributed by atoms with Crippen molar-refractivity contribution >= 4 is 27.8 Å². The maximum Gasteiger partial charge on any atom is 0.258 e. The first-order valence-corrected chi connectivity index (χ1v) is 5.74. The zero-order valence-electron chi connectivity index (χ0n) is 8.27. The zero-order chi connectivity index (χ0) is 11.4. The Morgan fingerprint density at radius 2 is 2.25 bits per heavy atom. The molecular weight excluding hydrogens is 272 g/mol. The normalized spacial score (nSPS) is 10.1. The van der Waals surface area contributed by atoms with Crippen LogP contribution in [0.3, 0.4) is 0 Å². The van der Waals surface area contributed by atoms with Crippen molar-refractivity contribution in [1.29, 1.82) is 0 Å². The lowest BCUT2D eigenvalue weighted by molar-refractivity contribution is 0.102. The molecule has 0 fully saturated rings. The lowest BCUT2D eigenvalue weighted by atomic mass is 10.1. The summed E-state index contributed by atoms with van der Waals surface area (Å²) in [6.07, 6.45) is 1.34. The lowest BCUT2D eigenvalue weighted by Gasteiger charge is -2.05. The van der Waals surface area contributed by atoms with E-state index in [2.05, 4.69) is 36.4 Å². The molecule has 6 heteroatoms. The first-order chi connectivity index (χ1) is 7.81. The van der Waals surface area contributed by atoms with Crippen molar-refractivity contribution in [1.82, 2.24) is 15.2 Å². The number of nitrogens with zero attached hydrogens (tertiary/aromatic N) is 2. The van der Waals surface area contributed by atoms with Crippen molar-refractivity contribution in [2.75, 3.05) is 5.32 Å². The Labute approximate surface area is 100 Å². The smallest absolute Gasteiger partial charge is 0.258 e. The Bertz CT molecular complexity index is 483. The van der Waals surface area contributed by atoms with E-state index < -0.39 is 0 Å². The SMILES string of the molecule is O=C(Nc1ncn[nH]1)c1ccccc1CBr. The summed E-state index contributed by atoms with van der Waals surface area (Å²) in [5, 5.41) is 9.48. The number of H-pyrrole nitrogens is 1. The van der Waals surface area contributed by atoms with Crippen molar-refractivity contribution in [2.24, 2.45) is 0 Å². The summed E-state index contributed by atoms with van der Waals surface area (Å²) in [7, 11) is 0. The van der Waals surface area contributed by atoms with E-state index in [4.69, 9.17) is 0 Å². The van der Waals surface area contributed by atoms with Gasteiger partial charge in [-0.1, -0.05) is 34.1 Å². The van der Waals surface area contributed by atoms with E-state index in [0.717, 1.165) is 5.56 Å². The highest BCUT2D eigenvalue weighted by Crippen LogP contribution is 2.13. The van der Waals surface area contributed by atoms with Crippen LogP contribution in [-0.4, -0.2) is 21.1 Å². The van der Waals surface area contributed by atoms with E-state index in [0.29, 0.717) is 16.8 Å². The number of carbonyl (C=O) groups is 1. The highest BCUT2D eigenvalue weighted by molar-refractivity contribution is 9.08. The number of amides is 1. The maximum absolute atomic E-state index is 11.9. The predicted molar refractivity (Wildman–Crippen MR) is 63.4 cm³/mol. The van der Waals surface area contributed by atoms with Crippen LogP contribution in [0.4, 0.5) is 5.95 Å². The van der Waals surface area contributed by atoms with Gasteiger partial charge in [0.05, 0.1) is 0 Å². The van der Waals surface area contributed by atoms with Crippen molar-refractivity contribution < 1.29 is 4.79 Å². The van der Waals surface area contributed by atoms with Gasteiger partial charge in [-0.05, 0) is 11.6 Å². The van der Waals surface area contributed by atoms with Crippen LogP contribution in [0.25, 0.3) is 0 Å². The second-order valence-corrected chi connectivity index (χ2v) is 3.64. The van der Waals surface area contributed by atoms with Crippen LogP contribution in [0, 0.1) is 0 Å². The van der Waals surface area contributed by atoms with Crippen LogP contribution in [0.5, 0.6) is 0 Å². The highest BCUT2D eigenvalue weighted by Gasteiger charge is 2.10. The number of nitrogens with one attached hydrogen (secondary N) is 2. The molecule has 0 aliphatic carbocycles. The van der Waals surface area contributed by atoms with E-state index in [9.17, 15) is 4.79 Å². The molecule has 1 heterocycles. The number of alkyl halides is 1. The Kier molecular flexibility index (Phi) is 3.31. The molecule has 0 unspecified atom stereocenters. The van der Waals surface area contributed by atoms with Gasteiger partial charge >= 0.3 is 0 Å². The second kappa shape index (κ2) is 4.89. The molecule has 0 spiro atoms. The monoisotopic (exact) mass is 280 g/mol. The average Bonchev–Trinajstić information content (AvgIpc) is 2.81. The number of benzene rings is 1. The topological polar surface area (TPSA) is 70.7 Å². The van der Waals surface area contributed by atoms with E-state index in [-0.39, 0.29) is 5.91 Å². The molecule has 0 atom stereocenters. The van der Waals surface area contributed by atoms with Gasteiger partial charge < -0.3 is 0 Å². The van der Waals surface area contributed by atoms with Gasteiger partial charge in [0.2, 0.25) is 5.95 Å². The number of hydrogen-bond donors (Lipinski definition) is 2. The molecule has 0 aliphatic heterocycles. The number of rotatable bonds is 3. The van der Waals surface area contributed by atoms with Crippen molar-refractivity contribution in [3.05, 3.63) is 41.7 Å². The van der Waals surface area contributed by atoms with E-state index in [1.807, 2.05) is 18.2 Å². The minimum Gasteiger partial charge on any atom is -0.291 e. The molecule has 0 bridgehead atoms. The number of carbonyl (C=O) groups excluding carboxylic acids is 1. The Balaban J connectivity index is 2.21. The van der Waals surface area contributed by atoms with Crippen LogP contribution < -0.4 is 5.32 Å².